The smallest absolute Gasteiger partial charge is 0.325 e. The van der Waals surface area contributed by atoms with Gasteiger partial charge >= 0.3 is 5.97 Å². The van der Waals surface area contributed by atoms with Gasteiger partial charge in [0.1, 0.15) is 6.54 Å². The van der Waals surface area contributed by atoms with E-state index in [2.05, 4.69) is 16.7 Å². The molecule has 0 aliphatic heterocycles. The van der Waals surface area contributed by atoms with Crippen molar-refractivity contribution >= 4 is 17.8 Å². The van der Waals surface area contributed by atoms with E-state index in [1.165, 1.54) is 17.9 Å². The molecule has 26 heavy (non-hydrogen) atoms. The first kappa shape index (κ1) is 17.7. The van der Waals surface area contributed by atoms with Gasteiger partial charge in [0.2, 0.25) is 0 Å². The van der Waals surface area contributed by atoms with Crippen LogP contribution in [-0.2, 0) is 20.7 Å². The van der Waals surface area contributed by atoms with Crippen LogP contribution >= 0.6 is 0 Å². The summed E-state index contributed by atoms with van der Waals surface area (Å²) in [5.74, 6) is -1.47. The van der Waals surface area contributed by atoms with E-state index in [9.17, 15) is 14.4 Å². The molecule has 1 aliphatic carbocycles. The third kappa shape index (κ3) is 4.50. The van der Waals surface area contributed by atoms with Crippen LogP contribution in [0.3, 0.4) is 0 Å². The van der Waals surface area contributed by atoms with Crippen molar-refractivity contribution in [1.29, 1.82) is 0 Å². The standard InChI is InChI=1S/C19H20N2O5/c22-17(21-15-8-3-6-13-5-1-2-7-14(13)15)12-26-18(23)11-20-19(24)16-9-4-10-25-16/h1-2,4-5,7,9-10,15H,3,6,8,11-12H2,(H,20,24)(H,21,22)/t15-/m1/s1. The van der Waals surface area contributed by atoms with E-state index in [0.717, 1.165) is 24.8 Å². The molecule has 0 unspecified atom stereocenters. The lowest BCUT2D eigenvalue weighted by molar-refractivity contribution is -0.147. The fraction of sp³-hybridized carbons (Fsp3) is 0.316. The number of benzene rings is 1. The average molecular weight is 356 g/mol. The van der Waals surface area contributed by atoms with E-state index in [1.54, 1.807) is 6.07 Å². The van der Waals surface area contributed by atoms with Gasteiger partial charge in [-0.3, -0.25) is 14.4 Å². The maximum Gasteiger partial charge on any atom is 0.325 e. The predicted octanol–water partition coefficient (Wildman–Crippen LogP) is 1.75. The Morgan fingerprint density at radius 2 is 2.00 bits per heavy atom. The molecule has 1 aromatic heterocycles. The summed E-state index contributed by atoms with van der Waals surface area (Å²) in [5, 5.41) is 5.26. The fourth-order valence-electron chi connectivity index (χ4n) is 2.98. The molecular formula is C19H20N2O5. The molecule has 1 aliphatic rings. The van der Waals surface area contributed by atoms with Crippen LogP contribution in [0.5, 0.6) is 0 Å². The van der Waals surface area contributed by atoms with Gasteiger partial charge in [0.25, 0.3) is 11.8 Å². The molecule has 2 aromatic rings. The first-order chi connectivity index (χ1) is 12.6. The zero-order chi connectivity index (χ0) is 18.4. The Bertz CT molecular complexity index is 785. The number of nitrogens with one attached hydrogen (secondary N) is 2. The van der Waals surface area contributed by atoms with Crippen LogP contribution in [0, 0.1) is 0 Å². The Labute approximate surface area is 150 Å². The molecule has 2 N–H and O–H groups in total. The number of ether oxygens (including phenoxy) is 1. The van der Waals surface area contributed by atoms with Crippen LogP contribution in [0.2, 0.25) is 0 Å². The Kier molecular flexibility index (Phi) is 5.68. The lowest BCUT2D eigenvalue weighted by atomic mass is 9.88. The zero-order valence-corrected chi connectivity index (χ0v) is 14.2. The van der Waals surface area contributed by atoms with Crippen LogP contribution in [0.4, 0.5) is 0 Å². The summed E-state index contributed by atoms with van der Waals surface area (Å²) in [6.07, 6.45) is 4.23. The van der Waals surface area contributed by atoms with E-state index in [-0.39, 0.29) is 30.9 Å². The highest BCUT2D eigenvalue weighted by Gasteiger charge is 2.21. The molecule has 2 amide bonds. The van der Waals surface area contributed by atoms with Crippen molar-refractivity contribution in [3.05, 3.63) is 59.5 Å². The van der Waals surface area contributed by atoms with E-state index < -0.39 is 11.9 Å². The van der Waals surface area contributed by atoms with Crippen molar-refractivity contribution in [3.8, 4) is 0 Å². The largest absolute Gasteiger partial charge is 0.459 e. The third-order valence-electron chi connectivity index (χ3n) is 4.21. The Morgan fingerprint density at radius 3 is 2.81 bits per heavy atom. The van der Waals surface area contributed by atoms with E-state index in [4.69, 9.17) is 9.15 Å². The molecule has 3 rings (SSSR count). The van der Waals surface area contributed by atoms with Gasteiger partial charge in [0, 0.05) is 0 Å². The van der Waals surface area contributed by atoms with Gasteiger partial charge in [0.15, 0.2) is 12.4 Å². The van der Waals surface area contributed by atoms with E-state index in [0.29, 0.717) is 0 Å². The predicted molar refractivity (Wildman–Crippen MR) is 92.3 cm³/mol. The van der Waals surface area contributed by atoms with Gasteiger partial charge in [-0.1, -0.05) is 24.3 Å². The fourth-order valence-corrected chi connectivity index (χ4v) is 2.98. The number of hydrogen-bond acceptors (Lipinski definition) is 5. The molecule has 0 spiro atoms. The minimum atomic E-state index is -0.691. The summed E-state index contributed by atoms with van der Waals surface area (Å²) >= 11 is 0. The quantitative estimate of drug-likeness (QED) is 0.769. The minimum Gasteiger partial charge on any atom is -0.459 e. The Balaban J connectivity index is 1.42. The molecule has 0 bridgehead atoms. The van der Waals surface area contributed by atoms with Gasteiger partial charge in [-0.25, -0.2) is 0 Å². The molecule has 1 aromatic carbocycles. The maximum absolute atomic E-state index is 12.1. The molecule has 136 valence electrons. The topological polar surface area (TPSA) is 97.6 Å². The highest BCUT2D eigenvalue weighted by Crippen LogP contribution is 2.29. The Hall–Kier alpha value is -3.09. The third-order valence-corrected chi connectivity index (χ3v) is 4.21. The van der Waals surface area contributed by atoms with Crippen LogP contribution in [-0.4, -0.2) is 30.9 Å². The monoisotopic (exact) mass is 356 g/mol. The second-order valence-electron chi connectivity index (χ2n) is 6.03. The minimum absolute atomic E-state index is 0.0650. The van der Waals surface area contributed by atoms with Gasteiger partial charge in [-0.05, 0) is 42.5 Å². The van der Waals surface area contributed by atoms with Crippen LogP contribution in [0.25, 0.3) is 0 Å². The zero-order valence-electron chi connectivity index (χ0n) is 14.2. The molecule has 0 saturated heterocycles. The molecular weight excluding hydrogens is 336 g/mol. The molecule has 7 nitrogen and oxygen atoms in total. The van der Waals surface area contributed by atoms with Crippen molar-refractivity contribution in [2.45, 2.75) is 25.3 Å². The molecule has 1 atom stereocenters. The number of hydrogen-bond donors (Lipinski definition) is 2. The number of rotatable bonds is 6. The number of esters is 1. The summed E-state index contributed by atoms with van der Waals surface area (Å²) in [6, 6.07) is 11.0. The van der Waals surface area contributed by atoms with Crippen molar-refractivity contribution in [2.75, 3.05) is 13.2 Å². The highest BCUT2D eigenvalue weighted by molar-refractivity contribution is 5.93. The van der Waals surface area contributed by atoms with Gasteiger partial charge in [-0.15, -0.1) is 0 Å². The molecule has 0 radical (unpaired) electrons. The number of carbonyl (C=O) groups is 3. The van der Waals surface area contributed by atoms with Crippen LogP contribution in [0.1, 0.15) is 40.6 Å². The lowest BCUT2D eigenvalue weighted by Crippen LogP contribution is -2.36. The summed E-state index contributed by atoms with van der Waals surface area (Å²) in [7, 11) is 0. The van der Waals surface area contributed by atoms with Crippen molar-refractivity contribution in [2.24, 2.45) is 0 Å². The summed E-state index contributed by atoms with van der Waals surface area (Å²) < 4.78 is 9.82. The first-order valence-corrected chi connectivity index (χ1v) is 8.48. The molecule has 0 fully saturated rings. The van der Waals surface area contributed by atoms with Gasteiger partial charge < -0.3 is 19.8 Å². The number of aryl methyl sites for hydroxylation is 1. The second kappa shape index (κ2) is 8.33. The van der Waals surface area contributed by atoms with E-state index in [1.807, 2.05) is 18.2 Å². The number of fused-ring (bicyclic) bond motifs is 1. The van der Waals surface area contributed by atoms with Gasteiger partial charge in [0.05, 0.1) is 12.3 Å². The molecule has 1 heterocycles. The summed E-state index contributed by atoms with van der Waals surface area (Å²) in [5.41, 5.74) is 2.35. The van der Waals surface area contributed by atoms with E-state index >= 15 is 0 Å². The molecule has 0 saturated carbocycles. The van der Waals surface area contributed by atoms with Gasteiger partial charge in [-0.2, -0.15) is 0 Å². The van der Waals surface area contributed by atoms with Crippen molar-refractivity contribution < 1.29 is 23.5 Å². The van der Waals surface area contributed by atoms with Crippen LogP contribution in [0.15, 0.2) is 47.1 Å². The number of furan rings is 1. The number of amides is 2. The second-order valence-corrected chi connectivity index (χ2v) is 6.03. The summed E-state index contributed by atoms with van der Waals surface area (Å²) in [4.78, 5) is 35.4. The molecule has 7 heteroatoms. The number of carbonyl (C=O) groups excluding carboxylic acids is 3. The van der Waals surface area contributed by atoms with Crippen LogP contribution < -0.4 is 10.6 Å². The normalized spacial score (nSPS) is 15.6. The SMILES string of the molecule is O=C(COC(=O)CNC(=O)c1ccco1)N[C@@H]1CCCc2ccccc21. The Morgan fingerprint density at radius 1 is 1.15 bits per heavy atom. The average Bonchev–Trinajstić information content (AvgIpc) is 3.19. The first-order valence-electron chi connectivity index (χ1n) is 8.48. The maximum atomic E-state index is 12.1. The van der Waals surface area contributed by atoms with Crippen molar-refractivity contribution in [1.82, 2.24) is 10.6 Å². The summed E-state index contributed by atoms with van der Waals surface area (Å²) in [6.45, 7) is -0.715. The lowest BCUT2D eigenvalue weighted by Gasteiger charge is -2.26. The highest BCUT2D eigenvalue weighted by atomic mass is 16.5. The van der Waals surface area contributed by atoms with Crippen molar-refractivity contribution in [3.63, 3.8) is 0 Å².